The molecule has 2 rings (SSSR count). The molecule has 0 aliphatic carbocycles. The molecule has 1 aliphatic rings. The SMILES string of the molecule is O=C1CSCc2c(F)cc(Br)cc21. The molecule has 0 N–H and O–H groups in total. The number of hydrogen-bond donors (Lipinski definition) is 0. The smallest absolute Gasteiger partial charge is 0.173 e. The molecule has 0 amide bonds. The summed E-state index contributed by atoms with van der Waals surface area (Å²) in [4.78, 5) is 11.4. The van der Waals surface area contributed by atoms with E-state index in [2.05, 4.69) is 15.9 Å². The van der Waals surface area contributed by atoms with Crippen molar-refractivity contribution >= 4 is 33.5 Å². The minimum absolute atomic E-state index is 0.0199. The van der Waals surface area contributed by atoms with Crippen LogP contribution in [0, 0.1) is 5.82 Å². The maximum absolute atomic E-state index is 13.3. The van der Waals surface area contributed by atoms with Crippen molar-refractivity contribution in [3.05, 3.63) is 33.5 Å². The Morgan fingerprint density at radius 2 is 2.15 bits per heavy atom. The molecule has 0 saturated carbocycles. The Morgan fingerprint density at radius 3 is 2.92 bits per heavy atom. The molecule has 1 nitrogen and oxygen atoms in total. The zero-order valence-corrected chi connectivity index (χ0v) is 9.04. The molecule has 0 saturated heterocycles. The fourth-order valence-electron chi connectivity index (χ4n) is 1.32. The third kappa shape index (κ3) is 1.65. The third-order valence-corrected chi connectivity index (χ3v) is 3.36. The molecular weight excluding hydrogens is 255 g/mol. The molecule has 0 spiro atoms. The number of thioether (sulfide) groups is 1. The molecule has 13 heavy (non-hydrogen) atoms. The van der Waals surface area contributed by atoms with Crippen molar-refractivity contribution in [3.8, 4) is 0 Å². The summed E-state index contributed by atoms with van der Waals surface area (Å²) in [6.45, 7) is 0. The minimum atomic E-state index is -0.287. The number of hydrogen-bond acceptors (Lipinski definition) is 2. The molecule has 0 unspecified atom stereocenters. The molecule has 1 aliphatic heterocycles. The van der Waals surface area contributed by atoms with Crippen LogP contribution >= 0.6 is 27.7 Å². The molecular formula is C9H6BrFOS. The zero-order chi connectivity index (χ0) is 9.42. The van der Waals surface area contributed by atoms with E-state index in [0.717, 1.165) is 0 Å². The lowest BCUT2D eigenvalue weighted by Gasteiger charge is -2.14. The van der Waals surface area contributed by atoms with Gasteiger partial charge in [0.1, 0.15) is 5.82 Å². The largest absolute Gasteiger partial charge is 0.293 e. The number of Topliss-reactive ketones (excluding diaryl/α,β-unsaturated/α-hetero) is 1. The van der Waals surface area contributed by atoms with Gasteiger partial charge in [0, 0.05) is 21.4 Å². The van der Waals surface area contributed by atoms with E-state index in [-0.39, 0.29) is 11.6 Å². The minimum Gasteiger partial charge on any atom is -0.293 e. The van der Waals surface area contributed by atoms with Gasteiger partial charge in [-0.05, 0) is 12.1 Å². The summed E-state index contributed by atoms with van der Waals surface area (Å²) >= 11 is 4.63. The van der Waals surface area contributed by atoms with Gasteiger partial charge < -0.3 is 0 Å². The van der Waals surface area contributed by atoms with Crippen molar-refractivity contribution in [2.45, 2.75) is 5.75 Å². The van der Waals surface area contributed by atoms with Gasteiger partial charge in [0.25, 0.3) is 0 Å². The average molecular weight is 261 g/mol. The Hall–Kier alpha value is -0.350. The van der Waals surface area contributed by atoms with Gasteiger partial charge in [-0.3, -0.25) is 4.79 Å². The monoisotopic (exact) mass is 260 g/mol. The number of halogens is 2. The van der Waals surface area contributed by atoms with Gasteiger partial charge in [0.2, 0.25) is 0 Å². The molecule has 0 bridgehead atoms. The van der Waals surface area contributed by atoms with E-state index in [9.17, 15) is 9.18 Å². The zero-order valence-electron chi connectivity index (χ0n) is 6.64. The van der Waals surface area contributed by atoms with Crippen LogP contribution in [0.25, 0.3) is 0 Å². The summed E-state index contributed by atoms with van der Waals surface area (Å²) in [5.74, 6) is 0.791. The van der Waals surface area contributed by atoms with Crippen LogP contribution < -0.4 is 0 Å². The molecule has 0 aromatic heterocycles. The van der Waals surface area contributed by atoms with Gasteiger partial charge in [-0.15, -0.1) is 11.8 Å². The van der Waals surface area contributed by atoms with Crippen molar-refractivity contribution in [1.29, 1.82) is 0 Å². The Morgan fingerprint density at radius 1 is 1.38 bits per heavy atom. The predicted octanol–water partition coefficient (Wildman–Crippen LogP) is 3.02. The molecule has 1 aromatic rings. The second-order valence-electron chi connectivity index (χ2n) is 2.83. The molecule has 4 heteroatoms. The highest BCUT2D eigenvalue weighted by molar-refractivity contribution is 9.10. The molecule has 1 aromatic carbocycles. The number of fused-ring (bicyclic) bond motifs is 1. The number of carbonyl (C=O) groups is 1. The van der Waals surface area contributed by atoms with E-state index in [1.807, 2.05) is 0 Å². The van der Waals surface area contributed by atoms with Gasteiger partial charge >= 0.3 is 0 Å². The fourth-order valence-corrected chi connectivity index (χ4v) is 2.69. The summed E-state index contributed by atoms with van der Waals surface area (Å²) in [5.41, 5.74) is 1.08. The van der Waals surface area contributed by atoms with Crippen LogP contribution in [-0.2, 0) is 5.75 Å². The first kappa shape index (κ1) is 9.21. The summed E-state index contributed by atoms with van der Waals surface area (Å²) in [6, 6.07) is 3.10. The van der Waals surface area contributed by atoms with Crippen LogP contribution in [0.3, 0.4) is 0 Å². The van der Waals surface area contributed by atoms with E-state index in [4.69, 9.17) is 0 Å². The Kier molecular flexibility index (Phi) is 2.43. The van der Waals surface area contributed by atoms with Crippen molar-refractivity contribution < 1.29 is 9.18 Å². The van der Waals surface area contributed by atoms with E-state index >= 15 is 0 Å². The lowest BCUT2D eigenvalue weighted by atomic mass is 10.0. The Bertz CT molecular complexity index is 378. The summed E-state index contributed by atoms with van der Waals surface area (Å²) < 4.78 is 13.9. The Balaban J connectivity index is 2.63. The predicted molar refractivity (Wildman–Crippen MR) is 54.6 cm³/mol. The topological polar surface area (TPSA) is 17.1 Å². The van der Waals surface area contributed by atoms with Gasteiger partial charge in [0.05, 0.1) is 5.75 Å². The summed E-state index contributed by atoms with van der Waals surface area (Å²) in [7, 11) is 0. The second kappa shape index (κ2) is 3.42. The maximum Gasteiger partial charge on any atom is 0.173 e. The lowest BCUT2D eigenvalue weighted by Crippen LogP contribution is -2.13. The highest BCUT2D eigenvalue weighted by Crippen LogP contribution is 2.29. The summed E-state index contributed by atoms with van der Waals surface area (Å²) in [6.07, 6.45) is 0. The van der Waals surface area contributed by atoms with E-state index in [1.165, 1.54) is 17.8 Å². The Labute approximate surface area is 87.8 Å². The van der Waals surface area contributed by atoms with Gasteiger partial charge in [-0.2, -0.15) is 0 Å². The standard InChI is InChI=1S/C9H6BrFOS/c10-5-1-6-7(8(11)2-5)3-13-4-9(6)12/h1-2H,3-4H2. The highest BCUT2D eigenvalue weighted by atomic mass is 79.9. The third-order valence-electron chi connectivity index (χ3n) is 1.94. The van der Waals surface area contributed by atoms with Crippen LogP contribution in [0.2, 0.25) is 0 Å². The van der Waals surface area contributed by atoms with Crippen LogP contribution in [0.5, 0.6) is 0 Å². The van der Waals surface area contributed by atoms with E-state index < -0.39 is 0 Å². The van der Waals surface area contributed by atoms with Crippen molar-refractivity contribution in [1.82, 2.24) is 0 Å². The summed E-state index contributed by atoms with van der Waals surface area (Å²) in [5, 5.41) is 0. The number of rotatable bonds is 0. The van der Waals surface area contributed by atoms with Crippen LogP contribution in [-0.4, -0.2) is 11.5 Å². The highest BCUT2D eigenvalue weighted by Gasteiger charge is 2.20. The van der Waals surface area contributed by atoms with Crippen LogP contribution in [0.15, 0.2) is 16.6 Å². The van der Waals surface area contributed by atoms with Crippen molar-refractivity contribution in [3.63, 3.8) is 0 Å². The molecule has 0 radical (unpaired) electrons. The molecule has 68 valence electrons. The first-order valence-electron chi connectivity index (χ1n) is 3.77. The first-order valence-corrected chi connectivity index (χ1v) is 5.72. The van der Waals surface area contributed by atoms with Crippen LogP contribution in [0.4, 0.5) is 4.39 Å². The second-order valence-corrected chi connectivity index (χ2v) is 4.73. The molecule has 0 fully saturated rings. The number of carbonyl (C=O) groups excluding carboxylic acids is 1. The van der Waals surface area contributed by atoms with E-state index in [1.54, 1.807) is 6.07 Å². The van der Waals surface area contributed by atoms with Gasteiger partial charge in [-0.1, -0.05) is 15.9 Å². The number of ketones is 1. The van der Waals surface area contributed by atoms with Crippen LogP contribution in [0.1, 0.15) is 15.9 Å². The quantitative estimate of drug-likeness (QED) is 0.714. The molecule has 0 atom stereocenters. The van der Waals surface area contributed by atoms with Crippen molar-refractivity contribution in [2.75, 3.05) is 5.75 Å². The lowest BCUT2D eigenvalue weighted by molar-refractivity contribution is 0.102. The average Bonchev–Trinajstić information content (AvgIpc) is 2.07. The maximum atomic E-state index is 13.3. The molecule has 1 heterocycles. The van der Waals surface area contributed by atoms with Gasteiger partial charge in [0.15, 0.2) is 5.78 Å². The van der Waals surface area contributed by atoms with Gasteiger partial charge in [-0.25, -0.2) is 4.39 Å². The van der Waals surface area contributed by atoms with Crippen molar-refractivity contribution in [2.24, 2.45) is 0 Å². The fraction of sp³-hybridized carbons (Fsp3) is 0.222. The van der Waals surface area contributed by atoms with E-state index in [0.29, 0.717) is 27.1 Å². The number of benzene rings is 1. The first-order chi connectivity index (χ1) is 6.18. The normalized spacial score (nSPS) is 15.7.